The topological polar surface area (TPSA) is 39.9 Å². The summed E-state index contributed by atoms with van der Waals surface area (Å²) >= 11 is 6.17. The predicted octanol–water partition coefficient (Wildman–Crippen LogP) is 6.65. The summed E-state index contributed by atoms with van der Waals surface area (Å²) in [7, 11) is 0. The number of fused-ring (bicyclic) bond motifs is 1. The molecule has 0 radical (unpaired) electrons. The highest BCUT2D eigenvalue weighted by atomic mass is 35.5. The van der Waals surface area contributed by atoms with Gasteiger partial charge in [-0.15, -0.1) is 0 Å². The van der Waals surface area contributed by atoms with Gasteiger partial charge in [-0.1, -0.05) is 36.6 Å². The first kappa shape index (κ1) is 20.9. The molecule has 2 aromatic carbocycles. The molecule has 0 unspecified atom stereocenters. The molecule has 5 rings (SSSR count). The molecule has 0 atom stereocenters. The lowest BCUT2D eigenvalue weighted by atomic mass is 10.1. The Bertz CT molecular complexity index is 1270. The average molecular weight is 454 g/mol. The Labute approximate surface area is 189 Å². The molecule has 2 aromatic heterocycles. The molecule has 1 saturated carbocycles. The molecule has 0 amide bonds. The van der Waals surface area contributed by atoms with Gasteiger partial charge < -0.3 is 9.30 Å². The molecule has 4 aromatic rings. The van der Waals surface area contributed by atoms with E-state index in [0.717, 1.165) is 24.5 Å². The van der Waals surface area contributed by atoms with Gasteiger partial charge in [0, 0.05) is 17.8 Å². The third-order valence-electron chi connectivity index (χ3n) is 5.98. The maximum atomic E-state index is 14.6. The van der Waals surface area contributed by atoms with Crippen molar-refractivity contribution in [3.63, 3.8) is 0 Å². The van der Waals surface area contributed by atoms with Crippen molar-refractivity contribution in [2.45, 2.75) is 32.2 Å². The van der Waals surface area contributed by atoms with E-state index in [1.165, 1.54) is 12.8 Å². The third-order valence-corrected chi connectivity index (χ3v) is 6.22. The third kappa shape index (κ3) is 4.07. The van der Waals surface area contributed by atoms with Crippen molar-refractivity contribution in [2.75, 3.05) is 6.61 Å². The molecule has 0 saturated heterocycles. The number of imidazole rings is 1. The zero-order chi connectivity index (χ0) is 22.1. The molecule has 0 aliphatic heterocycles. The minimum absolute atomic E-state index is 0.0207. The molecular weight excluding hydrogens is 432 g/mol. The summed E-state index contributed by atoms with van der Waals surface area (Å²) in [6.07, 6.45) is 6.42. The highest BCUT2D eigenvalue weighted by Gasteiger charge is 2.22. The van der Waals surface area contributed by atoms with E-state index in [1.807, 2.05) is 28.8 Å². The number of nitrogens with zero attached hydrogens (tertiary/aromatic N) is 3. The fraction of sp³-hybridized carbons (Fsp3) is 0.280. The van der Waals surface area contributed by atoms with Crippen molar-refractivity contribution in [3.8, 4) is 17.3 Å². The molecule has 0 bridgehead atoms. The second-order valence-corrected chi connectivity index (χ2v) is 8.63. The first-order valence-electron chi connectivity index (χ1n) is 10.8. The minimum atomic E-state index is -0.967. The fourth-order valence-corrected chi connectivity index (χ4v) is 4.58. The smallest absolute Gasteiger partial charge is 0.224 e. The molecule has 4 nitrogen and oxygen atoms in total. The Balaban J connectivity index is 1.61. The van der Waals surface area contributed by atoms with Crippen LogP contribution < -0.4 is 4.74 Å². The monoisotopic (exact) mass is 453 g/mol. The Morgan fingerprint density at radius 3 is 2.72 bits per heavy atom. The lowest BCUT2D eigenvalue weighted by molar-refractivity contribution is 0.244. The number of aromatic nitrogens is 3. The summed E-state index contributed by atoms with van der Waals surface area (Å²) in [5, 5.41) is 0.604. The van der Waals surface area contributed by atoms with Gasteiger partial charge in [0.1, 0.15) is 11.3 Å². The summed E-state index contributed by atoms with van der Waals surface area (Å²) in [5.41, 5.74) is 2.03. The molecule has 0 spiro atoms. The number of benzene rings is 2. The van der Waals surface area contributed by atoms with Crippen molar-refractivity contribution < 1.29 is 13.5 Å². The van der Waals surface area contributed by atoms with Crippen molar-refractivity contribution in [2.24, 2.45) is 5.92 Å². The number of ether oxygens (including phenoxy) is 1. The van der Waals surface area contributed by atoms with E-state index in [1.54, 1.807) is 24.4 Å². The minimum Gasteiger partial charge on any atom is -0.477 e. The quantitative estimate of drug-likeness (QED) is 0.328. The van der Waals surface area contributed by atoms with Crippen molar-refractivity contribution in [3.05, 3.63) is 76.9 Å². The van der Waals surface area contributed by atoms with Crippen LogP contribution in [-0.2, 0) is 6.54 Å². The maximum absolute atomic E-state index is 14.6. The van der Waals surface area contributed by atoms with Crippen LogP contribution in [0.5, 0.6) is 5.88 Å². The molecule has 1 aliphatic carbocycles. The van der Waals surface area contributed by atoms with Gasteiger partial charge in [-0.3, -0.25) is 0 Å². The zero-order valence-electron chi connectivity index (χ0n) is 17.4. The van der Waals surface area contributed by atoms with E-state index < -0.39 is 11.6 Å². The van der Waals surface area contributed by atoms with Gasteiger partial charge in [0.15, 0.2) is 11.6 Å². The van der Waals surface area contributed by atoms with Crippen molar-refractivity contribution in [1.29, 1.82) is 0 Å². The molecule has 2 heterocycles. The average Bonchev–Trinajstić information content (AvgIpc) is 3.44. The molecule has 7 heteroatoms. The van der Waals surface area contributed by atoms with E-state index in [2.05, 4.69) is 9.97 Å². The van der Waals surface area contributed by atoms with Gasteiger partial charge in [-0.25, -0.2) is 18.7 Å². The first-order valence-corrected chi connectivity index (χ1v) is 11.1. The fourth-order valence-electron chi connectivity index (χ4n) is 4.37. The lowest BCUT2D eigenvalue weighted by Crippen LogP contribution is -2.10. The summed E-state index contributed by atoms with van der Waals surface area (Å²) < 4.78 is 36.6. The Kier molecular flexibility index (Phi) is 5.79. The van der Waals surface area contributed by atoms with Crippen LogP contribution in [0.2, 0.25) is 5.02 Å². The predicted molar refractivity (Wildman–Crippen MR) is 121 cm³/mol. The number of halogens is 3. The van der Waals surface area contributed by atoms with Crippen LogP contribution in [-0.4, -0.2) is 21.1 Å². The maximum Gasteiger partial charge on any atom is 0.224 e. The summed E-state index contributed by atoms with van der Waals surface area (Å²) in [6, 6.07) is 13.7. The Hall–Kier alpha value is -2.99. The Morgan fingerprint density at radius 1 is 1.06 bits per heavy atom. The van der Waals surface area contributed by atoms with Crippen LogP contribution in [0.15, 0.2) is 54.7 Å². The highest BCUT2D eigenvalue weighted by molar-refractivity contribution is 6.30. The largest absolute Gasteiger partial charge is 0.477 e. The molecule has 164 valence electrons. The molecule has 0 N–H and O–H groups in total. The van der Waals surface area contributed by atoms with E-state index in [9.17, 15) is 8.78 Å². The Morgan fingerprint density at radius 2 is 1.91 bits per heavy atom. The number of rotatable bonds is 6. The van der Waals surface area contributed by atoms with Gasteiger partial charge >= 0.3 is 0 Å². The molecular formula is C25H22ClF2N3O. The molecule has 1 fully saturated rings. The van der Waals surface area contributed by atoms with Crippen molar-refractivity contribution in [1.82, 2.24) is 14.5 Å². The summed E-state index contributed by atoms with van der Waals surface area (Å²) in [5.74, 6) is -0.463. The van der Waals surface area contributed by atoms with Gasteiger partial charge in [0.05, 0.1) is 17.7 Å². The number of hydrogen-bond acceptors (Lipinski definition) is 3. The van der Waals surface area contributed by atoms with Gasteiger partial charge in [0.25, 0.3) is 0 Å². The van der Waals surface area contributed by atoms with Crippen LogP contribution in [0.25, 0.3) is 22.4 Å². The molecule has 32 heavy (non-hydrogen) atoms. The summed E-state index contributed by atoms with van der Waals surface area (Å²) in [6.45, 7) is 0.968. The SMILES string of the molecule is Fc1ccc2c(nc(-c3cccnc3OCC3CCCC3)n2Cc2cccc(Cl)c2)c1F. The second kappa shape index (κ2) is 8.87. The van der Waals surface area contributed by atoms with Crippen LogP contribution >= 0.6 is 11.6 Å². The molecule has 1 aliphatic rings. The first-order chi connectivity index (χ1) is 15.6. The standard InChI is InChI=1S/C25H22ClF2N3O/c26-18-8-3-7-17(13-18)14-31-21-11-10-20(27)22(28)23(21)30-24(31)19-9-4-12-29-25(19)32-15-16-5-1-2-6-16/h3-4,7-13,16H,1-2,5-6,14-15H2. The van der Waals surface area contributed by atoms with Crippen LogP contribution in [0, 0.1) is 17.6 Å². The van der Waals surface area contributed by atoms with E-state index >= 15 is 0 Å². The second-order valence-electron chi connectivity index (χ2n) is 8.20. The normalized spacial score (nSPS) is 14.3. The van der Waals surface area contributed by atoms with Crippen LogP contribution in [0.4, 0.5) is 8.78 Å². The van der Waals surface area contributed by atoms with Crippen LogP contribution in [0.1, 0.15) is 31.2 Å². The number of pyridine rings is 1. The van der Waals surface area contributed by atoms with E-state index in [4.69, 9.17) is 16.3 Å². The van der Waals surface area contributed by atoms with Gasteiger partial charge in [0.2, 0.25) is 5.88 Å². The van der Waals surface area contributed by atoms with E-state index in [-0.39, 0.29) is 5.52 Å². The zero-order valence-corrected chi connectivity index (χ0v) is 18.2. The van der Waals surface area contributed by atoms with Gasteiger partial charge in [-0.2, -0.15) is 0 Å². The highest BCUT2D eigenvalue weighted by Crippen LogP contribution is 2.34. The van der Waals surface area contributed by atoms with Crippen molar-refractivity contribution >= 4 is 22.6 Å². The van der Waals surface area contributed by atoms with Gasteiger partial charge in [-0.05, 0) is 60.7 Å². The number of hydrogen-bond donors (Lipinski definition) is 0. The lowest BCUT2D eigenvalue weighted by Gasteiger charge is -2.15. The van der Waals surface area contributed by atoms with Crippen LogP contribution in [0.3, 0.4) is 0 Å². The summed E-state index contributed by atoms with van der Waals surface area (Å²) in [4.78, 5) is 8.92. The van der Waals surface area contributed by atoms with E-state index in [0.29, 0.717) is 46.9 Å².